The minimum absolute atomic E-state index is 0.0283. The molecule has 0 saturated heterocycles. The van der Waals surface area contributed by atoms with Gasteiger partial charge in [-0.2, -0.15) is 0 Å². The molecule has 0 fully saturated rings. The maximum atomic E-state index is 11.6. The lowest BCUT2D eigenvalue weighted by atomic mass is 9.98. The fraction of sp³-hybridized carbons (Fsp3) is 0.364. The number of halogens is 1. The normalized spacial score (nSPS) is 10.2. The Hall–Kier alpha value is -1.02. The number of carbonyl (C=O) groups is 1. The Labute approximate surface area is 88.5 Å². The second kappa shape index (κ2) is 4.47. The minimum atomic E-state index is 0.0283. The molecule has 0 saturated carbocycles. The Morgan fingerprint density at radius 3 is 2.57 bits per heavy atom. The Bertz CT molecular complexity index is 359. The first-order valence-corrected chi connectivity index (χ1v) is 4.99. The first-order chi connectivity index (χ1) is 6.57. The third-order valence-corrected chi connectivity index (χ3v) is 2.57. The van der Waals surface area contributed by atoms with Crippen LogP contribution in [0.4, 0.5) is 0 Å². The van der Waals surface area contributed by atoms with Crippen LogP contribution in [0, 0.1) is 13.8 Å². The number of phenolic OH excluding ortho intramolecular Hbond substituents is 1. The van der Waals surface area contributed by atoms with E-state index in [-0.39, 0.29) is 11.5 Å². The van der Waals surface area contributed by atoms with Crippen molar-refractivity contribution < 1.29 is 9.90 Å². The van der Waals surface area contributed by atoms with Crippen molar-refractivity contribution in [2.24, 2.45) is 0 Å². The largest absolute Gasteiger partial charge is 0.508 e. The summed E-state index contributed by atoms with van der Waals surface area (Å²) in [6, 6.07) is 3.19. The molecular formula is C11H13ClO2. The summed E-state index contributed by atoms with van der Waals surface area (Å²) >= 11 is 5.50. The summed E-state index contributed by atoms with van der Waals surface area (Å²) in [4.78, 5) is 11.6. The van der Waals surface area contributed by atoms with Gasteiger partial charge in [0.15, 0.2) is 5.78 Å². The molecule has 0 aliphatic carbocycles. The van der Waals surface area contributed by atoms with Crippen molar-refractivity contribution in [3.63, 3.8) is 0 Å². The van der Waals surface area contributed by atoms with Crippen molar-refractivity contribution in [3.05, 3.63) is 28.8 Å². The zero-order valence-corrected chi connectivity index (χ0v) is 9.06. The van der Waals surface area contributed by atoms with Crippen LogP contribution in [0.2, 0.25) is 0 Å². The molecule has 1 N–H and O–H groups in total. The van der Waals surface area contributed by atoms with E-state index in [2.05, 4.69) is 0 Å². The van der Waals surface area contributed by atoms with Gasteiger partial charge < -0.3 is 5.11 Å². The second-order valence-corrected chi connectivity index (χ2v) is 3.62. The summed E-state index contributed by atoms with van der Waals surface area (Å²) in [6.45, 7) is 3.62. The van der Waals surface area contributed by atoms with Gasteiger partial charge in [-0.3, -0.25) is 4.79 Å². The third kappa shape index (κ3) is 2.07. The van der Waals surface area contributed by atoms with Crippen LogP contribution in [0.3, 0.4) is 0 Å². The number of carbonyl (C=O) groups excluding carboxylic acids is 1. The van der Waals surface area contributed by atoms with Crippen LogP contribution in [0.1, 0.15) is 27.9 Å². The van der Waals surface area contributed by atoms with Crippen molar-refractivity contribution in [3.8, 4) is 5.75 Å². The molecule has 0 unspecified atom stereocenters. The molecule has 0 amide bonds. The molecular weight excluding hydrogens is 200 g/mol. The molecule has 76 valence electrons. The topological polar surface area (TPSA) is 37.3 Å². The van der Waals surface area contributed by atoms with Gasteiger partial charge in [-0.25, -0.2) is 0 Å². The van der Waals surface area contributed by atoms with Crippen molar-refractivity contribution in [2.45, 2.75) is 20.3 Å². The van der Waals surface area contributed by atoms with Crippen LogP contribution in [-0.4, -0.2) is 16.8 Å². The first-order valence-electron chi connectivity index (χ1n) is 4.46. The molecule has 0 radical (unpaired) electrons. The molecule has 0 aliphatic rings. The van der Waals surface area contributed by atoms with Crippen LogP contribution in [0.15, 0.2) is 12.1 Å². The highest BCUT2D eigenvalue weighted by Gasteiger charge is 2.11. The van der Waals surface area contributed by atoms with Gasteiger partial charge >= 0.3 is 0 Å². The SMILES string of the molecule is Cc1c(O)ccc(C(=O)CCCl)c1C. The minimum Gasteiger partial charge on any atom is -0.508 e. The maximum Gasteiger partial charge on any atom is 0.164 e. The number of phenols is 1. The quantitative estimate of drug-likeness (QED) is 0.618. The van der Waals surface area contributed by atoms with Gasteiger partial charge in [-0.05, 0) is 37.1 Å². The van der Waals surface area contributed by atoms with Gasteiger partial charge in [0.25, 0.3) is 0 Å². The van der Waals surface area contributed by atoms with E-state index in [0.717, 1.165) is 11.1 Å². The fourth-order valence-corrected chi connectivity index (χ4v) is 1.50. The molecule has 0 bridgehead atoms. The molecule has 1 rings (SSSR count). The van der Waals surface area contributed by atoms with Gasteiger partial charge in [0.05, 0.1) is 0 Å². The number of hydrogen-bond donors (Lipinski definition) is 1. The average Bonchev–Trinajstić information content (AvgIpc) is 2.15. The molecule has 2 nitrogen and oxygen atoms in total. The van der Waals surface area contributed by atoms with Crippen LogP contribution < -0.4 is 0 Å². The fourth-order valence-electron chi connectivity index (χ4n) is 1.33. The summed E-state index contributed by atoms with van der Waals surface area (Å²) in [5.74, 6) is 0.587. The third-order valence-electron chi connectivity index (χ3n) is 2.38. The van der Waals surface area contributed by atoms with Gasteiger partial charge in [-0.15, -0.1) is 11.6 Å². The number of aromatic hydroxyl groups is 1. The van der Waals surface area contributed by atoms with Crippen LogP contribution >= 0.6 is 11.6 Å². The summed E-state index contributed by atoms with van der Waals surface area (Å²) in [6.07, 6.45) is 0.340. The standard InChI is InChI=1S/C11H13ClO2/c1-7-8(2)10(13)4-3-9(7)11(14)5-6-12/h3-4,13H,5-6H2,1-2H3. The highest BCUT2D eigenvalue weighted by molar-refractivity contribution is 6.19. The highest BCUT2D eigenvalue weighted by atomic mass is 35.5. The molecule has 0 aromatic heterocycles. The van der Waals surface area contributed by atoms with E-state index in [9.17, 15) is 9.90 Å². The highest BCUT2D eigenvalue weighted by Crippen LogP contribution is 2.23. The number of benzene rings is 1. The van der Waals surface area contributed by atoms with Crippen molar-refractivity contribution >= 4 is 17.4 Å². The number of alkyl halides is 1. The smallest absolute Gasteiger partial charge is 0.164 e. The lowest BCUT2D eigenvalue weighted by molar-refractivity contribution is 0.0988. The Morgan fingerprint density at radius 2 is 2.00 bits per heavy atom. The Morgan fingerprint density at radius 1 is 1.36 bits per heavy atom. The second-order valence-electron chi connectivity index (χ2n) is 3.24. The summed E-state index contributed by atoms with van der Waals surface area (Å²) in [5, 5.41) is 9.40. The predicted octanol–water partition coefficient (Wildman–Crippen LogP) is 2.82. The van der Waals surface area contributed by atoms with Gasteiger partial charge in [0, 0.05) is 17.9 Å². The van der Waals surface area contributed by atoms with Crippen molar-refractivity contribution in [2.75, 3.05) is 5.88 Å². The molecule has 1 aromatic rings. The van der Waals surface area contributed by atoms with Gasteiger partial charge in [-0.1, -0.05) is 0 Å². The van der Waals surface area contributed by atoms with Crippen LogP contribution in [-0.2, 0) is 0 Å². The molecule has 0 atom stereocenters. The van der Waals surface area contributed by atoms with E-state index in [1.54, 1.807) is 19.1 Å². The molecule has 3 heteroatoms. The van der Waals surface area contributed by atoms with E-state index in [4.69, 9.17) is 11.6 Å². The van der Waals surface area contributed by atoms with Gasteiger partial charge in [0.1, 0.15) is 5.75 Å². The summed E-state index contributed by atoms with van der Waals surface area (Å²) < 4.78 is 0. The summed E-state index contributed by atoms with van der Waals surface area (Å²) in [7, 11) is 0. The molecule has 0 aliphatic heterocycles. The number of rotatable bonds is 3. The first kappa shape index (κ1) is 11.1. The predicted molar refractivity (Wildman–Crippen MR) is 57.2 cm³/mol. The van der Waals surface area contributed by atoms with Gasteiger partial charge in [0.2, 0.25) is 0 Å². The maximum absolute atomic E-state index is 11.6. The zero-order valence-electron chi connectivity index (χ0n) is 8.30. The average molecular weight is 213 g/mol. The Balaban J connectivity index is 3.11. The molecule has 0 spiro atoms. The molecule has 14 heavy (non-hydrogen) atoms. The number of ketones is 1. The van der Waals surface area contributed by atoms with Crippen molar-refractivity contribution in [1.82, 2.24) is 0 Å². The van der Waals surface area contributed by atoms with E-state index in [1.807, 2.05) is 6.92 Å². The zero-order chi connectivity index (χ0) is 10.7. The van der Waals surface area contributed by atoms with E-state index in [1.165, 1.54) is 0 Å². The van der Waals surface area contributed by atoms with Crippen LogP contribution in [0.25, 0.3) is 0 Å². The van der Waals surface area contributed by atoms with E-state index in [0.29, 0.717) is 17.9 Å². The molecule has 1 aromatic carbocycles. The van der Waals surface area contributed by atoms with E-state index >= 15 is 0 Å². The summed E-state index contributed by atoms with van der Waals surface area (Å²) in [5.41, 5.74) is 2.24. The lowest BCUT2D eigenvalue weighted by Gasteiger charge is -2.08. The number of hydrogen-bond acceptors (Lipinski definition) is 2. The lowest BCUT2D eigenvalue weighted by Crippen LogP contribution is -2.03. The molecule has 0 heterocycles. The van der Waals surface area contributed by atoms with E-state index < -0.39 is 0 Å². The number of Topliss-reactive ketones (excluding diaryl/α,β-unsaturated/α-hetero) is 1. The Kier molecular flexibility index (Phi) is 3.53. The van der Waals surface area contributed by atoms with Crippen LogP contribution in [0.5, 0.6) is 5.75 Å². The van der Waals surface area contributed by atoms with Crippen molar-refractivity contribution in [1.29, 1.82) is 0 Å². The monoisotopic (exact) mass is 212 g/mol.